The molecule has 0 atom stereocenters. The van der Waals surface area contributed by atoms with Crippen LogP contribution in [0.1, 0.15) is 21.7 Å². The number of benzene rings is 1. The predicted octanol–water partition coefficient (Wildman–Crippen LogP) is -1.87. The molecule has 1 amide bonds. The third kappa shape index (κ3) is 4.35. The van der Waals surface area contributed by atoms with Gasteiger partial charge in [0.15, 0.2) is 17.2 Å². The maximum atomic E-state index is 12.8. The van der Waals surface area contributed by atoms with Crippen LogP contribution in [-0.2, 0) is 11.3 Å². The zero-order chi connectivity index (χ0) is 22.5. The number of amides is 1. The van der Waals surface area contributed by atoms with Gasteiger partial charge < -0.3 is 25.2 Å². The van der Waals surface area contributed by atoms with E-state index in [9.17, 15) is 9.90 Å². The molecule has 14 heteroatoms. The minimum absolute atomic E-state index is 0.0200. The highest BCUT2D eigenvalue weighted by Gasteiger charge is 2.28. The highest BCUT2D eigenvalue weighted by Crippen LogP contribution is 2.27. The van der Waals surface area contributed by atoms with Crippen LogP contribution in [0.15, 0.2) is 27.9 Å². The van der Waals surface area contributed by atoms with Crippen LogP contribution in [0.4, 0.5) is 5.82 Å². The molecule has 14 nitrogen and oxygen atoms in total. The summed E-state index contributed by atoms with van der Waals surface area (Å²) in [4.78, 5) is 14.0. The van der Waals surface area contributed by atoms with Crippen LogP contribution >= 0.6 is 0 Å². The molecule has 1 aliphatic heterocycles. The number of nitrogens with zero attached hydrogens (tertiary/aromatic N) is 6. The molecule has 168 valence electrons. The Labute approximate surface area is 181 Å². The second-order valence-corrected chi connectivity index (χ2v) is 6.91. The maximum Gasteiger partial charge on any atom is 0.294 e. The first kappa shape index (κ1) is 21.2. The molecule has 5 N–H and O–H groups in total. The van der Waals surface area contributed by atoms with E-state index in [4.69, 9.17) is 15.2 Å². The van der Waals surface area contributed by atoms with Gasteiger partial charge in [0.05, 0.1) is 26.5 Å². The molecule has 0 saturated carbocycles. The number of hydrazone groups is 1. The standard InChI is InChI=1S/C18H21N9O5/c1-30-13-4-2-3-11(15(13)28)9-20-22-18(29)14-12(10-26-5-7-31-8-6-26)27(25-21-14)17-16(19)23-32-24-17/h2-4,9,28H,5-8,10H2,1H3,(H2,19,23)(H,22,29)/p+1/b20-9+. The van der Waals surface area contributed by atoms with Crippen molar-refractivity contribution in [2.24, 2.45) is 5.10 Å². The van der Waals surface area contributed by atoms with E-state index in [0.29, 0.717) is 31.0 Å². The summed E-state index contributed by atoms with van der Waals surface area (Å²) in [5, 5.41) is 29.4. The summed E-state index contributed by atoms with van der Waals surface area (Å²) < 4.78 is 16.4. The van der Waals surface area contributed by atoms with Crippen molar-refractivity contribution in [1.29, 1.82) is 0 Å². The molecule has 3 aromatic rings. The van der Waals surface area contributed by atoms with Gasteiger partial charge in [-0.05, 0) is 22.4 Å². The molecular formula is C18H22N9O5+. The zero-order valence-corrected chi connectivity index (χ0v) is 17.2. The Morgan fingerprint density at radius 1 is 1.41 bits per heavy atom. The molecule has 0 bridgehead atoms. The fourth-order valence-electron chi connectivity index (χ4n) is 3.24. The van der Waals surface area contributed by atoms with Crippen molar-refractivity contribution in [2.75, 3.05) is 39.1 Å². The Hall–Kier alpha value is -4.04. The molecule has 4 rings (SSSR count). The van der Waals surface area contributed by atoms with E-state index in [1.165, 1.54) is 22.9 Å². The van der Waals surface area contributed by atoms with Gasteiger partial charge in [-0.15, -0.1) is 5.10 Å². The molecule has 0 aliphatic carbocycles. The van der Waals surface area contributed by atoms with Crippen molar-refractivity contribution in [2.45, 2.75) is 6.54 Å². The second kappa shape index (κ2) is 9.40. The molecule has 2 aromatic heterocycles. The van der Waals surface area contributed by atoms with Crippen LogP contribution in [0.5, 0.6) is 11.5 Å². The van der Waals surface area contributed by atoms with Gasteiger partial charge in [0, 0.05) is 5.56 Å². The first-order valence-electron chi connectivity index (χ1n) is 9.72. The molecule has 1 aliphatic rings. The van der Waals surface area contributed by atoms with Crippen LogP contribution in [0.2, 0.25) is 0 Å². The molecule has 0 unspecified atom stereocenters. The third-order valence-corrected chi connectivity index (χ3v) is 4.91. The summed E-state index contributed by atoms with van der Waals surface area (Å²) in [6.07, 6.45) is 1.30. The number of rotatable bonds is 7. The summed E-state index contributed by atoms with van der Waals surface area (Å²) in [6, 6.07) is 4.92. The fourth-order valence-corrected chi connectivity index (χ4v) is 3.24. The SMILES string of the molecule is COc1cccc(/C=N/NC(=O)c2nnn(-c3nonc3N)c2C[NH+]2CCOCC2)c1O. The lowest BCUT2D eigenvalue weighted by Gasteiger charge is -2.23. The van der Waals surface area contributed by atoms with Gasteiger partial charge >= 0.3 is 0 Å². The van der Waals surface area contributed by atoms with Crippen molar-refractivity contribution >= 4 is 17.9 Å². The van der Waals surface area contributed by atoms with E-state index in [2.05, 4.69) is 35.8 Å². The van der Waals surface area contributed by atoms with Gasteiger partial charge in [-0.3, -0.25) is 4.79 Å². The predicted molar refractivity (Wildman–Crippen MR) is 109 cm³/mol. The number of aromatic nitrogens is 5. The number of nitrogen functional groups attached to an aromatic ring is 1. The van der Waals surface area contributed by atoms with E-state index >= 15 is 0 Å². The minimum atomic E-state index is -0.590. The molecule has 0 spiro atoms. The number of phenols is 1. The summed E-state index contributed by atoms with van der Waals surface area (Å²) in [7, 11) is 1.44. The van der Waals surface area contributed by atoms with Gasteiger partial charge in [-0.2, -0.15) is 9.78 Å². The monoisotopic (exact) mass is 444 g/mol. The third-order valence-electron chi connectivity index (χ3n) is 4.91. The molecule has 1 aromatic carbocycles. The van der Waals surface area contributed by atoms with Crippen molar-refractivity contribution < 1.29 is 28.9 Å². The lowest BCUT2D eigenvalue weighted by molar-refractivity contribution is -0.921. The molecule has 1 fully saturated rings. The first-order chi connectivity index (χ1) is 15.6. The Balaban J connectivity index is 1.57. The molecule has 1 saturated heterocycles. The van der Waals surface area contributed by atoms with Crippen molar-refractivity contribution in [1.82, 2.24) is 30.7 Å². The van der Waals surface area contributed by atoms with Gasteiger partial charge in [-0.1, -0.05) is 11.3 Å². The minimum Gasteiger partial charge on any atom is -0.504 e. The summed E-state index contributed by atoms with van der Waals surface area (Å²) in [5.41, 5.74) is 9.10. The normalized spacial score (nSPS) is 14.7. The number of methoxy groups -OCH3 is 1. The second-order valence-electron chi connectivity index (χ2n) is 6.91. The quantitative estimate of drug-likeness (QED) is 0.238. The molecule has 3 heterocycles. The van der Waals surface area contributed by atoms with Crippen molar-refractivity contribution in [3.63, 3.8) is 0 Å². The van der Waals surface area contributed by atoms with Gasteiger partial charge in [0.1, 0.15) is 25.3 Å². The van der Waals surface area contributed by atoms with E-state index in [1.807, 2.05) is 0 Å². The Morgan fingerprint density at radius 3 is 2.94 bits per heavy atom. The molecule has 32 heavy (non-hydrogen) atoms. The number of carbonyl (C=O) groups is 1. The highest BCUT2D eigenvalue weighted by atomic mass is 16.6. The fraction of sp³-hybridized carbons (Fsp3) is 0.333. The summed E-state index contributed by atoms with van der Waals surface area (Å²) >= 11 is 0. The van der Waals surface area contributed by atoms with E-state index in [1.54, 1.807) is 18.2 Å². The van der Waals surface area contributed by atoms with Crippen molar-refractivity contribution in [3.05, 3.63) is 35.2 Å². The number of ether oxygens (including phenoxy) is 2. The average molecular weight is 444 g/mol. The number of morpholine rings is 1. The van der Waals surface area contributed by atoms with E-state index in [0.717, 1.165) is 13.1 Å². The van der Waals surface area contributed by atoms with Gasteiger partial charge in [0.2, 0.25) is 11.6 Å². The lowest BCUT2D eigenvalue weighted by Crippen LogP contribution is -3.12. The van der Waals surface area contributed by atoms with Crippen LogP contribution in [0.25, 0.3) is 5.82 Å². The summed E-state index contributed by atoms with van der Waals surface area (Å²) in [6.45, 7) is 3.16. The largest absolute Gasteiger partial charge is 0.504 e. The lowest BCUT2D eigenvalue weighted by atomic mass is 10.2. The zero-order valence-electron chi connectivity index (χ0n) is 17.2. The van der Waals surface area contributed by atoms with Crippen LogP contribution in [-0.4, -0.2) is 75.9 Å². The van der Waals surface area contributed by atoms with Crippen molar-refractivity contribution in [3.8, 4) is 17.3 Å². The summed E-state index contributed by atoms with van der Waals surface area (Å²) in [5.74, 6) is -0.231. The maximum absolute atomic E-state index is 12.8. The van der Waals surface area contributed by atoms with E-state index in [-0.39, 0.29) is 28.8 Å². The smallest absolute Gasteiger partial charge is 0.294 e. The van der Waals surface area contributed by atoms with Crippen LogP contribution in [0, 0.1) is 0 Å². The Kier molecular flexibility index (Phi) is 6.23. The number of para-hydroxylation sites is 1. The number of carbonyl (C=O) groups excluding carboxylic acids is 1. The highest BCUT2D eigenvalue weighted by molar-refractivity contribution is 5.94. The Bertz CT molecular complexity index is 1120. The number of nitrogens with one attached hydrogen (secondary N) is 2. The average Bonchev–Trinajstić information content (AvgIpc) is 3.41. The number of phenolic OH excluding ortho intramolecular Hbond substituents is 1. The number of anilines is 1. The van der Waals surface area contributed by atoms with Crippen LogP contribution < -0.4 is 20.8 Å². The van der Waals surface area contributed by atoms with Gasteiger partial charge in [0.25, 0.3) is 5.91 Å². The topological polar surface area (TPSA) is 180 Å². The van der Waals surface area contributed by atoms with E-state index < -0.39 is 5.91 Å². The number of hydrogen-bond acceptors (Lipinski definition) is 11. The molecular weight excluding hydrogens is 422 g/mol. The Morgan fingerprint density at radius 2 is 2.22 bits per heavy atom. The number of aromatic hydroxyl groups is 1. The molecule has 0 radical (unpaired) electrons. The number of nitrogens with two attached hydrogens (primary N) is 1. The number of hydrogen-bond donors (Lipinski definition) is 4. The van der Waals surface area contributed by atoms with Crippen LogP contribution in [0.3, 0.4) is 0 Å². The van der Waals surface area contributed by atoms with Gasteiger partial charge in [-0.25, -0.2) is 10.1 Å². The number of quaternary nitrogens is 1. The first-order valence-corrected chi connectivity index (χ1v) is 9.72.